The minimum atomic E-state index is 0.358. The number of piperidine rings is 1. The van der Waals surface area contributed by atoms with Crippen molar-refractivity contribution in [1.29, 1.82) is 0 Å². The van der Waals surface area contributed by atoms with Crippen molar-refractivity contribution in [3.05, 3.63) is 0 Å². The largest absolute Gasteiger partial charge is 0.345 e. The van der Waals surface area contributed by atoms with Gasteiger partial charge in [-0.05, 0) is 57.0 Å². The van der Waals surface area contributed by atoms with Gasteiger partial charge in [-0.2, -0.15) is 0 Å². The molecule has 0 aromatic rings. The van der Waals surface area contributed by atoms with Crippen molar-refractivity contribution >= 4 is 5.91 Å². The first-order chi connectivity index (χ1) is 9.25. The third-order valence-electron chi connectivity index (χ3n) is 4.85. The predicted octanol–water partition coefficient (Wildman–Crippen LogP) is 2.80. The molecule has 0 aromatic heterocycles. The zero-order valence-electron chi connectivity index (χ0n) is 12.5. The topological polar surface area (TPSA) is 32.3 Å². The summed E-state index contributed by atoms with van der Waals surface area (Å²) in [5.41, 5.74) is 0. The third kappa shape index (κ3) is 5.13. The lowest BCUT2D eigenvalue weighted by Gasteiger charge is -2.28. The fourth-order valence-corrected chi connectivity index (χ4v) is 3.55. The van der Waals surface area contributed by atoms with Gasteiger partial charge in [0.25, 0.3) is 0 Å². The van der Waals surface area contributed by atoms with Gasteiger partial charge < -0.3 is 10.2 Å². The van der Waals surface area contributed by atoms with Gasteiger partial charge in [0.1, 0.15) is 0 Å². The van der Waals surface area contributed by atoms with Crippen LogP contribution in [0.3, 0.4) is 0 Å². The zero-order chi connectivity index (χ0) is 13.5. The molecule has 1 saturated heterocycles. The van der Waals surface area contributed by atoms with Gasteiger partial charge in [-0.25, -0.2) is 0 Å². The van der Waals surface area contributed by atoms with Crippen LogP contribution in [0, 0.1) is 11.8 Å². The normalized spacial score (nSPS) is 25.2. The fourth-order valence-electron chi connectivity index (χ4n) is 3.55. The van der Waals surface area contributed by atoms with Crippen LogP contribution in [0.25, 0.3) is 0 Å². The smallest absolute Gasteiger partial charge is 0.222 e. The first-order valence-corrected chi connectivity index (χ1v) is 8.20. The summed E-state index contributed by atoms with van der Waals surface area (Å²) in [5.74, 6) is 1.84. The highest BCUT2D eigenvalue weighted by atomic mass is 16.2. The van der Waals surface area contributed by atoms with Crippen LogP contribution in [-0.4, -0.2) is 37.5 Å². The summed E-state index contributed by atoms with van der Waals surface area (Å²) < 4.78 is 0. The molecule has 0 bridgehead atoms. The van der Waals surface area contributed by atoms with Crippen molar-refractivity contribution in [1.82, 2.24) is 10.2 Å². The van der Waals surface area contributed by atoms with E-state index in [1.165, 1.54) is 44.9 Å². The van der Waals surface area contributed by atoms with Crippen LogP contribution < -0.4 is 5.32 Å². The Bertz CT molecular complexity index is 268. The Hall–Kier alpha value is -0.570. The molecule has 1 amide bonds. The zero-order valence-corrected chi connectivity index (χ0v) is 12.5. The van der Waals surface area contributed by atoms with Gasteiger partial charge in [-0.15, -0.1) is 0 Å². The van der Waals surface area contributed by atoms with Crippen LogP contribution in [0.4, 0.5) is 0 Å². The molecule has 0 radical (unpaired) electrons. The van der Waals surface area contributed by atoms with E-state index in [-0.39, 0.29) is 0 Å². The molecule has 2 aliphatic rings. The number of nitrogens with one attached hydrogen (secondary N) is 1. The van der Waals surface area contributed by atoms with E-state index >= 15 is 0 Å². The summed E-state index contributed by atoms with van der Waals surface area (Å²) in [7, 11) is 2.00. The molecule has 0 spiro atoms. The fraction of sp³-hybridized carbons (Fsp3) is 0.938. The molecule has 110 valence electrons. The summed E-state index contributed by atoms with van der Waals surface area (Å²) in [6, 6.07) is 0. The molecule has 3 nitrogen and oxygen atoms in total. The van der Waals surface area contributed by atoms with E-state index in [0.717, 1.165) is 44.3 Å². The molecule has 1 aliphatic carbocycles. The molecular formula is C16H30N2O. The second-order valence-corrected chi connectivity index (χ2v) is 6.53. The van der Waals surface area contributed by atoms with E-state index in [1.807, 2.05) is 11.9 Å². The summed E-state index contributed by atoms with van der Waals surface area (Å²) in [6.07, 6.45) is 11.2. The lowest BCUT2D eigenvalue weighted by molar-refractivity contribution is -0.130. The molecule has 1 atom stereocenters. The van der Waals surface area contributed by atoms with E-state index in [2.05, 4.69) is 5.32 Å². The molecule has 2 rings (SSSR count). The highest BCUT2D eigenvalue weighted by Crippen LogP contribution is 2.24. The van der Waals surface area contributed by atoms with Crippen molar-refractivity contribution in [2.75, 3.05) is 26.7 Å². The van der Waals surface area contributed by atoms with Gasteiger partial charge in [0.15, 0.2) is 0 Å². The van der Waals surface area contributed by atoms with E-state index in [1.54, 1.807) is 0 Å². The Labute approximate surface area is 118 Å². The van der Waals surface area contributed by atoms with Crippen LogP contribution >= 0.6 is 0 Å². The standard InChI is InChI=1S/C16H30N2O/c1-18(13-15-6-3-2-4-7-15)16(19)10-9-14-8-5-11-17-12-14/h14-15,17H,2-13H2,1H3. The number of carbonyl (C=O) groups is 1. The lowest BCUT2D eigenvalue weighted by atomic mass is 9.89. The van der Waals surface area contributed by atoms with Gasteiger partial charge in [-0.1, -0.05) is 19.3 Å². The lowest BCUT2D eigenvalue weighted by Crippen LogP contribution is -2.34. The number of hydrogen-bond donors (Lipinski definition) is 1. The monoisotopic (exact) mass is 266 g/mol. The average Bonchev–Trinajstić information content (AvgIpc) is 2.47. The van der Waals surface area contributed by atoms with Crippen LogP contribution in [0.15, 0.2) is 0 Å². The molecule has 1 heterocycles. The van der Waals surface area contributed by atoms with Crippen LogP contribution in [0.1, 0.15) is 57.8 Å². The average molecular weight is 266 g/mol. The number of carbonyl (C=O) groups excluding carboxylic acids is 1. The Morgan fingerprint density at radius 2 is 1.84 bits per heavy atom. The molecular weight excluding hydrogens is 236 g/mol. The Morgan fingerprint density at radius 1 is 1.11 bits per heavy atom. The Balaban J connectivity index is 1.63. The van der Waals surface area contributed by atoms with Gasteiger partial charge in [0.2, 0.25) is 5.91 Å². The highest BCUT2D eigenvalue weighted by Gasteiger charge is 2.19. The van der Waals surface area contributed by atoms with Gasteiger partial charge in [0, 0.05) is 20.0 Å². The maximum absolute atomic E-state index is 12.2. The molecule has 1 unspecified atom stereocenters. The second kappa shape index (κ2) is 7.88. The number of rotatable bonds is 5. The van der Waals surface area contributed by atoms with Gasteiger partial charge in [-0.3, -0.25) is 4.79 Å². The van der Waals surface area contributed by atoms with Gasteiger partial charge >= 0.3 is 0 Å². The van der Waals surface area contributed by atoms with E-state index in [4.69, 9.17) is 0 Å². The summed E-state index contributed by atoms with van der Waals surface area (Å²) in [4.78, 5) is 14.2. The van der Waals surface area contributed by atoms with Crippen molar-refractivity contribution < 1.29 is 4.79 Å². The Morgan fingerprint density at radius 3 is 2.53 bits per heavy atom. The molecule has 1 aliphatic heterocycles. The van der Waals surface area contributed by atoms with Gasteiger partial charge in [0.05, 0.1) is 0 Å². The van der Waals surface area contributed by atoms with Crippen molar-refractivity contribution in [3.8, 4) is 0 Å². The summed E-state index contributed by atoms with van der Waals surface area (Å²) in [5, 5.41) is 3.43. The summed E-state index contributed by atoms with van der Waals surface area (Å²) >= 11 is 0. The quantitative estimate of drug-likeness (QED) is 0.830. The number of amides is 1. The van der Waals surface area contributed by atoms with Crippen LogP contribution in [0.5, 0.6) is 0 Å². The molecule has 3 heteroatoms. The second-order valence-electron chi connectivity index (χ2n) is 6.53. The maximum Gasteiger partial charge on any atom is 0.222 e. The number of nitrogens with zero attached hydrogens (tertiary/aromatic N) is 1. The highest BCUT2D eigenvalue weighted by molar-refractivity contribution is 5.75. The Kier molecular flexibility index (Phi) is 6.15. The predicted molar refractivity (Wildman–Crippen MR) is 79.0 cm³/mol. The maximum atomic E-state index is 12.2. The third-order valence-corrected chi connectivity index (χ3v) is 4.85. The minimum Gasteiger partial charge on any atom is -0.345 e. The van der Waals surface area contributed by atoms with Crippen LogP contribution in [-0.2, 0) is 4.79 Å². The minimum absolute atomic E-state index is 0.358. The first kappa shape index (κ1) is 14.8. The SMILES string of the molecule is CN(CC1CCCCC1)C(=O)CCC1CCCNC1. The van der Waals surface area contributed by atoms with Crippen molar-refractivity contribution in [3.63, 3.8) is 0 Å². The molecule has 1 saturated carbocycles. The van der Waals surface area contributed by atoms with Crippen LogP contribution in [0.2, 0.25) is 0 Å². The molecule has 0 aromatic carbocycles. The van der Waals surface area contributed by atoms with E-state index in [0.29, 0.717) is 5.91 Å². The van der Waals surface area contributed by atoms with Crippen molar-refractivity contribution in [2.45, 2.75) is 57.8 Å². The first-order valence-electron chi connectivity index (χ1n) is 8.20. The van der Waals surface area contributed by atoms with E-state index in [9.17, 15) is 4.79 Å². The molecule has 2 fully saturated rings. The van der Waals surface area contributed by atoms with Crippen molar-refractivity contribution in [2.24, 2.45) is 11.8 Å². The van der Waals surface area contributed by atoms with E-state index < -0.39 is 0 Å². The summed E-state index contributed by atoms with van der Waals surface area (Å²) in [6.45, 7) is 3.26. The molecule has 19 heavy (non-hydrogen) atoms. The number of hydrogen-bond acceptors (Lipinski definition) is 2. The molecule has 1 N–H and O–H groups in total.